The van der Waals surface area contributed by atoms with Crippen molar-refractivity contribution < 1.29 is 9.72 Å². The van der Waals surface area contributed by atoms with Crippen molar-refractivity contribution in [1.29, 1.82) is 0 Å². The molecular formula is C8H13N5O3. The summed E-state index contributed by atoms with van der Waals surface area (Å²) in [7, 11) is 3.07. The Morgan fingerprint density at radius 3 is 2.75 bits per heavy atom. The lowest BCUT2D eigenvalue weighted by molar-refractivity contribution is -0.384. The molecule has 0 saturated heterocycles. The van der Waals surface area contributed by atoms with E-state index < -0.39 is 4.92 Å². The first kappa shape index (κ1) is 12.0. The second kappa shape index (κ2) is 4.60. The Hall–Kier alpha value is -2.12. The van der Waals surface area contributed by atoms with E-state index in [1.807, 2.05) is 0 Å². The average Bonchev–Trinajstić information content (AvgIpc) is 2.49. The van der Waals surface area contributed by atoms with E-state index in [4.69, 9.17) is 0 Å². The fraction of sp³-hybridized carbons (Fsp3) is 0.500. The first-order valence-electron chi connectivity index (χ1n) is 4.59. The van der Waals surface area contributed by atoms with Crippen molar-refractivity contribution in [2.24, 2.45) is 7.05 Å². The van der Waals surface area contributed by atoms with E-state index in [0.717, 1.165) is 0 Å². The number of carbonyl (C=O) groups excluding carboxylic acids is 1. The molecule has 1 heterocycles. The smallest absolute Gasteiger partial charge is 0.333 e. The van der Waals surface area contributed by atoms with Crippen molar-refractivity contribution >= 4 is 17.4 Å². The molecule has 88 valence electrons. The van der Waals surface area contributed by atoms with Gasteiger partial charge in [0.1, 0.15) is 5.69 Å². The van der Waals surface area contributed by atoms with Crippen molar-refractivity contribution in [3.8, 4) is 0 Å². The van der Waals surface area contributed by atoms with Gasteiger partial charge in [-0.15, -0.1) is 0 Å². The summed E-state index contributed by atoms with van der Waals surface area (Å²) in [6, 6.07) is 0. The van der Waals surface area contributed by atoms with E-state index in [-0.39, 0.29) is 24.0 Å². The van der Waals surface area contributed by atoms with Crippen LogP contribution in [0.15, 0.2) is 0 Å². The summed E-state index contributed by atoms with van der Waals surface area (Å²) >= 11 is 0. The van der Waals surface area contributed by atoms with Gasteiger partial charge in [-0.25, -0.2) is 4.68 Å². The molecule has 16 heavy (non-hydrogen) atoms. The van der Waals surface area contributed by atoms with Crippen LogP contribution in [0.2, 0.25) is 0 Å². The molecule has 1 rings (SSSR count). The van der Waals surface area contributed by atoms with Crippen LogP contribution in [-0.2, 0) is 11.8 Å². The van der Waals surface area contributed by atoms with Crippen molar-refractivity contribution in [2.75, 3.05) is 18.9 Å². The van der Waals surface area contributed by atoms with Gasteiger partial charge in [-0.2, -0.15) is 5.10 Å². The largest absolute Gasteiger partial charge is 0.358 e. The topological polar surface area (TPSA) is 102 Å². The van der Waals surface area contributed by atoms with Crippen LogP contribution in [0, 0.1) is 17.0 Å². The maximum atomic E-state index is 11.0. The van der Waals surface area contributed by atoms with Gasteiger partial charge in [-0.1, -0.05) is 0 Å². The summed E-state index contributed by atoms with van der Waals surface area (Å²) in [4.78, 5) is 21.3. The molecule has 0 aliphatic rings. The van der Waals surface area contributed by atoms with Gasteiger partial charge in [0.2, 0.25) is 11.7 Å². The monoisotopic (exact) mass is 227 g/mol. The molecule has 8 heteroatoms. The van der Waals surface area contributed by atoms with Gasteiger partial charge < -0.3 is 10.6 Å². The first-order chi connectivity index (χ1) is 7.47. The van der Waals surface area contributed by atoms with E-state index in [1.54, 1.807) is 14.0 Å². The number of hydrogen-bond donors (Lipinski definition) is 2. The Morgan fingerprint density at radius 2 is 2.25 bits per heavy atom. The zero-order valence-electron chi connectivity index (χ0n) is 9.27. The molecule has 0 aliphatic carbocycles. The van der Waals surface area contributed by atoms with Crippen molar-refractivity contribution in [2.45, 2.75) is 6.92 Å². The van der Waals surface area contributed by atoms with Crippen molar-refractivity contribution in [3.63, 3.8) is 0 Å². The summed E-state index contributed by atoms with van der Waals surface area (Å²) in [5.74, 6) is -0.0285. The average molecular weight is 227 g/mol. The van der Waals surface area contributed by atoms with Crippen LogP contribution in [0.5, 0.6) is 0 Å². The van der Waals surface area contributed by atoms with Gasteiger partial charge in [0, 0.05) is 14.1 Å². The number of aromatic nitrogens is 2. The van der Waals surface area contributed by atoms with Gasteiger partial charge in [0.05, 0.1) is 11.5 Å². The maximum absolute atomic E-state index is 11.0. The molecule has 0 bridgehead atoms. The first-order valence-corrected chi connectivity index (χ1v) is 4.59. The minimum absolute atomic E-state index is 0.0314. The number of carbonyl (C=O) groups is 1. The predicted octanol–water partition coefficient (Wildman–Crippen LogP) is -0.205. The van der Waals surface area contributed by atoms with E-state index in [1.165, 1.54) is 11.7 Å². The van der Waals surface area contributed by atoms with Crippen LogP contribution in [-0.4, -0.2) is 34.2 Å². The molecule has 2 N–H and O–H groups in total. The number of anilines is 1. The highest BCUT2D eigenvalue weighted by Crippen LogP contribution is 2.26. The van der Waals surface area contributed by atoms with Crippen LogP contribution in [0.25, 0.3) is 0 Å². The molecule has 1 aromatic heterocycles. The molecule has 8 nitrogen and oxygen atoms in total. The van der Waals surface area contributed by atoms with Gasteiger partial charge in [0.25, 0.3) is 0 Å². The van der Waals surface area contributed by atoms with E-state index in [0.29, 0.717) is 5.69 Å². The standard InChI is InChI=1S/C8H13N5O3/c1-5-7(13(15)16)8(12(3)11-5)10-4-6(14)9-2/h10H,4H2,1-3H3,(H,9,14). The summed E-state index contributed by atoms with van der Waals surface area (Å²) in [5, 5.41) is 19.8. The summed E-state index contributed by atoms with van der Waals surface area (Å²) < 4.78 is 1.34. The van der Waals surface area contributed by atoms with Gasteiger partial charge in [-0.05, 0) is 6.92 Å². The summed E-state index contributed by atoms with van der Waals surface area (Å²) in [6.45, 7) is 1.51. The molecular weight excluding hydrogens is 214 g/mol. The molecule has 0 unspecified atom stereocenters. The zero-order chi connectivity index (χ0) is 12.3. The lowest BCUT2D eigenvalue weighted by atomic mass is 10.4. The SMILES string of the molecule is CNC(=O)CNc1c([N+](=O)[O-])c(C)nn1C. The zero-order valence-corrected chi connectivity index (χ0v) is 9.27. The van der Waals surface area contributed by atoms with E-state index >= 15 is 0 Å². The Labute approximate surface area is 91.8 Å². The Kier molecular flexibility index (Phi) is 3.44. The fourth-order valence-corrected chi connectivity index (χ4v) is 1.32. The third-order valence-corrected chi connectivity index (χ3v) is 2.07. The van der Waals surface area contributed by atoms with Gasteiger partial charge in [-0.3, -0.25) is 14.9 Å². The van der Waals surface area contributed by atoms with Crippen LogP contribution in [0.4, 0.5) is 11.5 Å². The van der Waals surface area contributed by atoms with Gasteiger partial charge in [0.15, 0.2) is 0 Å². The van der Waals surface area contributed by atoms with Gasteiger partial charge >= 0.3 is 5.69 Å². The Bertz CT molecular complexity index is 426. The number of amides is 1. The van der Waals surface area contributed by atoms with Crippen LogP contribution >= 0.6 is 0 Å². The Balaban J connectivity index is 2.94. The van der Waals surface area contributed by atoms with E-state index in [9.17, 15) is 14.9 Å². The molecule has 0 atom stereocenters. The molecule has 0 spiro atoms. The molecule has 0 aromatic carbocycles. The van der Waals surface area contributed by atoms with Crippen LogP contribution < -0.4 is 10.6 Å². The minimum Gasteiger partial charge on any atom is -0.358 e. The highest BCUT2D eigenvalue weighted by molar-refractivity contribution is 5.81. The van der Waals surface area contributed by atoms with Crippen molar-refractivity contribution in [1.82, 2.24) is 15.1 Å². The lowest BCUT2D eigenvalue weighted by Gasteiger charge is -2.04. The summed E-state index contributed by atoms with van der Waals surface area (Å²) in [6.07, 6.45) is 0. The minimum atomic E-state index is -0.519. The quantitative estimate of drug-likeness (QED) is 0.547. The highest BCUT2D eigenvalue weighted by atomic mass is 16.6. The molecule has 0 saturated carbocycles. The molecule has 0 radical (unpaired) electrons. The number of nitro groups is 1. The third-order valence-electron chi connectivity index (χ3n) is 2.07. The third kappa shape index (κ3) is 2.27. The van der Waals surface area contributed by atoms with Crippen LogP contribution in [0.3, 0.4) is 0 Å². The number of likely N-dealkylation sites (N-methyl/N-ethyl adjacent to an activating group) is 1. The van der Waals surface area contributed by atoms with Crippen LogP contribution in [0.1, 0.15) is 5.69 Å². The summed E-state index contributed by atoms with van der Waals surface area (Å²) in [5.41, 5.74) is 0.207. The number of aryl methyl sites for hydroxylation is 2. The second-order valence-electron chi connectivity index (χ2n) is 3.19. The number of hydrogen-bond acceptors (Lipinski definition) is 5. The molecule has 1 aromatic rings. The normalized spacial score (nSPS) is 9.94. The number of rotatable bonds is 4. The Morgan fingerprint density at radius 1 is 1.62 bits per heavy atom. The maximum Gasteiger partial charge on any atom is 0.333 e. The van der Waals surface area contributed by atoms with E-state index in [2.05, 4.69) is 15.7 Å². The number of nitrogens with one attached hydrogen (secondary N) is 2. The molecule has 0 aliphatic heterocycles. The second-order valence-corrected chi connectivity index (χ2v) is 3.19. The predicted molar refractivity (Wildman–Crippen MR) is 57.2 cm³/mol. The molecule has 0 fully saturated rings. The fourth-order valence-electron chi connectivity index (χ4n) is 1.32. The lowest BCUT2D eigenvalue weighted by Crippen LogP contribution is -2.27. The number of nitrogens with zero attached hydrogens (tertiary/aromatic N) is 3. The molecule has 1 amide bonds. The van der Waals surface area contributed by atoms with Crippen molar-refractivity contribution in [3.05, 3.63) is 15.8 Å². The highest BCUT2D eigenvalue weighted by Gasteiger charge is 2.23.